The molecule has 0 aliphatic heterocycles. The van der Waals surface area contributed by atoms with Crippen molar-refractivity contribution in [2.75, 3.05) is 27.2 Å². The number of hydrogen-bond acceptors (Lipinski definition) is 3. The predicted octanol–water partition coefficient (Wildman–Crippen LogP) is 0.478. The topological polar surface area (TPSA) is 41.6 Å². The first kappa shape index (κ1) is 13.4. The fourth-order valence-electron chi connectivity index (χ4n) is 0.864. The van der Waals surface area contributed by atoms with Crippen LogP contribution >= 0.6 is 0 Å². The maximum Gasteiger partial charge on any atom is 0.248 e. The summed E-state index contributed by atoms with van der Waals surface area (Å²) in [5.41, 5.74) is 0. The number of rotatable bonds is 6. The highest BCUT2D eigenvalue weighted by Gasteiger charge is 2.10. The lowest BCUT2D eigenvalue weighted by Crippen LogP contribution is -2.40. The summed E-state index contributed by atoms with van der Waals surface area (Å²) < 4.78 is 4.89. The first-order valence-electron chi connectivity index (χ1n) is 4.99. The first-order valence-corrected chi connectivity index (χ1v) is 4.99. The van der Waals surface area contributed by atoms with Crippen LogP contribution < -0.4 is 5.32 Å². The molecular weight excluding hydrogens is 180 g/mol. The summed E-state index contributed by atoms with van der Waals surface area (Å²) >= 11 is 0. The number of amides is 1. The third-order valence-electron chi connectivity index (χ3n) is 2.37. The molecule has 0 rings (SSSR count). The zero-order valence-electron chi connectivity index (χ0n) is 9.83. The van der Waals surface area contributed by atoms with E-state index in [1.807, 2.05) is 7.05 Å². The fourth-order valence-corrected chi connectivity index (χ4v) is 0.864. The summed E-state index contributed by atoms with van der Waals surface area (Å²) in [6, 6.07) is 0.506. The van der Waals surface area contributed by atoms with Crippen LogP contribution in [0.1, 0.15) is 20.8 Å². The van der Waals surface area contributed by atoms with E-state index in [0.29, 0.717) is 12.6 Å². The second-order valence-electron chi connectivity index (χ2n) is 3.74. The molecule has 0 fully saturated rings. The van der Waals surface area contributed by atoms with E-state index in [2.05, 4.69) is 24.1 Å². The van der Waals surface area contributed by atoms with Crippen molar-refractivity contribution in [1.29, 1.82) is 0 Å². The van der Waals surface area contributed by atoms with Gasteiger partial charge < -0.3 is 15.0 Å². The van der Waals surface area contributed by atoms with Crippen LogP contribution in [-0.2, 0) is 9.53 Å². The average molecular weight is 202 g/mol. The highest BCUT2D eigenvalue weighted by molar-refractivity contribution is 5.80. The molecule has 4 heteroatoms. The molecule has 0 aromatic heterocycles. The van der Waals surface area contributed by atoms with Gasteiger partial charge in [-0.25, -0.2) is 0 Å². The molecule has 1 atom stereocenters. The molecule has 0 aromatic rings. The molecule has 0 aliphatic rings. The van der Waals surface area contributed by atoms with Crippen molar-refractivity contribution >= 4 is 5.91 Å². The lowest BCUT2D eigenvalue weighted by molar-refractivity contribution is -0.130. The van der Waals surface area contributed by atoms with E-state index in [0.717, 1.165) is 6.54 Å². The number of likely N-dealkylation sites (N-methyl/N-ethyl adjacent to an activating group) is 1. The van der Waals surface area contributed by atoms with Crippen molar-refractivity contribution in [3.63, 3.8) is 0 Å². The van der Waals surface area contributed by atoms with Crippen molar-refractivity contribution in [1.82, 2.24) is 10.2 Å². The molecule has 84 valence electrons. The Morgan fingerprint density at radius 2 is 2.00 bits per heavy atom. The van der Waals surface area contributed by atoms with Crippen LogP contribution in [0.3, 0.4) is 0 Å². The third kappa shape index (κ3) is 5.19. The number of nitrogens with zero attached hydrogens (tertiary/aromatic N) is 1. The van der Waals surface area contributed by atoms with Gasteiger partial charge in [-0.15, -0.1) is 0 Å². The molecular formula is C10H22N2O2. The van der Waals surface area contributed by atoms with Crippen LogP contribution in [0.5, 0.6) is 0 Å². The van der Waals surface area contributed by atoms with Gasteiger partial charge in [-0.3, -0.25) is 4.79 Å². The van der Waals surface area contributed by atoms with Crippen molar-refractivity contribution in [2.24, 2.45) is 0 Å². The molecule has 0 heterocycles. The molecule has 0 radical (unpaired) electrons. The van der Waals surface area contributed by atoms with Crippen LogP contribution in [0.4, 0.5) is 0 Å². The third-order valence-corrected chi connectivity index (χ3v) is 2.37. The van der Waals surface area contributed by atoms with E-state index in [-0.39, 0.29) is 12.0 Å². The Morgan fingerprint density at radius 1 is 1.43 bits per heavy atom. The molecule has 4 nitrogen and oxygen atoms in total. The number of hydrogen-bond donors (Lipinski definition) is 1. The maximum atomic E-state index is 11.3. The Morgan fingerprint density at radius 3 is 2.43 bits per heavy atom. The predicted molar refractivity (Wildman–Crippen MR) is 57.2 cm³/mol. The number of carbonyl (C=O) groups is 1. The van der Waals surface area contributed by atoms with Gasteiger partial charge in [0.1, 0.15) is 6.10 Å². The Balaban J connectivity index is 3.59. The fraction of sp³-hybridized carbons (Fsp3) is 0.900. The van der Waals surface area contributed by atoms with Crippen LogP contribution in [0.25, 0.3) is 0 Å². The number of methoxy groups -OCH3 is 1. The van der Waals surface area contributed by atoms with Gasteiger partial charge in [-0.05, 0) is 27.8 Å². The van der Waals surface area contributed by atoms with E-state index in [1.54, 1.807) is 6.92 Å². The molecule has 1 amide bonds. The van der Waals surface area contributed by atoms with Crippen LogP contribution in [0, 0.1) is 0 Å². The quantitative estimate of drug-likeness (QED) is 0.681. The summed E-state index contributed by atoms with van der Waals surface area (Å²) in [6.45, 7) is 7.52. The van der Waals surface area contributed by atoms with Gasteiger partial charge >= 0.3 is 0 Å². The minimum Gasteiger partial charge on any atom is -0.372 e. The molecule has 0 saturated carbocycles. The minimum atomic E-state index is -0.362. The van der Waals surface area contributed by atoms with E-state index in [9.17, 15) is 4.79 Å². The van der Waals surface area contributed by atoms with E-state index >= 15 is 0 Å². The molecule has 0 unspecified atom stereocenters. The largest absolute Gasteiger partial charge is 0.372 e. The first-order chi connectivity index (χ1) is 6.49. The number of carbonyl (C=O) groups excluding carboxylic acids is 1. The summed E-state index contributed by atoms with van der Waals surface area (Å²) in [5, 5.41) is 2.81. The Bertz CT molecular complexity index is 172. The Labute approximate surface area is 86.6 Å². The monoisotopic (exact) mass is 202 g/mol. The lowest BCUT2D eigenvalue weighted by atomic mass is 10.3. The van der Waals surface area contributed by atoms with Crippen LogP contribution in [0.2, 0.25) is 0 Å². The number of nitrogens with one attached hydrogen (secondary N) is 1. The van der Waals surface area contributed by atoms with Gasteiger partial charge in [0.25, 0.3) is 0 Å². The summed E-state index contributed by atoms with van der Waals surface area (Å²) in [5.74, 6) is -0.0512. The van der Waals surface area contributed by atoms with Gasteiger partial charge in [-0.1, -0.05) is 0 Å². The SMILES string of the molecule is CO[C@@H](C)C(=O)NCCN(C)C(C)C. The summed E-state index contributed by atoms with van der Waals surface area (Å²) in [6.07, 6.45) is -0.362. The molecule has 0 aliphatic carbocycles. The molecule has 0 saturated heterocycles. The standard InChI is InChI=1S/C10H22N2O2/c1-8(2)12(4)7-6-11-10(13)9(3)14-5/h8-9H,6-7H2,1-5H3,(H,11,13)/t9-/m0/s1. The van der Waals surface area contributed by atoms with E-state index in [4.69, 9.17) is 4.74 Å². The zero-order chi connectivity index (χ0) is 11.1. The molecule has 0 bridgehead atoms. The van der Waals surface area contributed by atoms with Gasteiger partial charge in [0, 0.05) is 26.2 Å². The molecule has 0 aromatic carbocycles. The molecule has 1 N–H and O–H groups in total. The van der Waals surface area contributed by atoms with Crippen molar-refractivity contribution in [3.05, 3.63) is 0 Å². The van der Waals surface area contributed by atoms with Gasteiger partial charge in [0.15, 0.2) is 0 Å². The average Bonchev–Trinajstić information content (AvgIpc) is 2.15. The minimum absolute atomic E-state index is 0.0512. The second-order valence-corrected chi connectivity index (χ2v) is 3.74. The van der Waals surface area contributed by atoms with Crippen molar-refractivity contribution in [3.8, 4) is 0 Å². The Kier molecular flexibility index (Phi) is 6.49. The highest BCUT2D eigenvalue weighted by atomic mass is 16.5. The Hall–Kier alpha value is -0.610. The van der Waals surface area contributed by atoms with Crippen LogP contribution in [-0.4, -0.2) is 50.2 Å². The maximum absolute atomic E-state index is 11.3. The second kappa shape index (κ2) is 6.79. The highest BCUT2D eigenvalue weighted by Crippen LogP contribution is 1.91. The molecule has 0 spiro atoms. The summed E-state index contributed by atoms with van der Waals surface area (Å²) in [4.78, 5) is 13.4. The normalized spacial score (nSPS) is 13.4. The van der Waals surface area contributed by atoms with Crippen molar-refractivity contribution < 1.29 is 9.53 Å². The van der Waals surface area contributed by atoms with Crippen LogP contribution in [0.15, 0.2) is 0 Å². The van der Waals surface area contributed by atoms with Gasteiger partial charge in [-0.2, -0.15) is 0 Å². The van der Waals surface area contributed by atoms with Crippen molar-refractivity contribution in [2.45, 2.75) is 32.9 Å². The smallest absolute Gasteiger partial charge is 0.248 e. The van der Waals surface area contributed by atoms with E-state index in [1.165, 1.54) is 7.11 Å². The molecule has 14 heavy (non-hydrogen) atoms. The summed E-state index contributed by atoms with van der Waals surface area (Å²) in [7, 11) is 3.57. The zero-order valence-corrected chi connectivity index (χ0v) is 9.83. The number of ether oxygens (including phenoxy) is 1. The van der Waals surface area contributed by atoms with E-state index < -0.39 is 0 Å². The van der Waals surface area contributed by atoms with Gasteiger partial charge in [0.05, 0.1) is 0 Å². The van der Waals surface area contributed by atoms with Gasteiger partial charge in [0.2, 0.25) is 5.91 Å². The lowest BCUT2D eigenvalue weighted by Gasteiger charge is -2.21.